The third kappa shape index (κ3) is 0.924. The van der Waals surface area contributed by atoms with Crippen molar-refractivity contribution in [3.8, 4) is 0 Å². The summed E-state index contributed by atoms with van der Waals surface area (Å²) in [5, 5.41) is 17.5. The first-order valence-electron chi connectivity index (χ1n) is 3.76. The predicted octanol–water partition coefficient (Wildman–Crippen LogP) is -0.250. The molecule has 0 amide bonds. The fraction of sp³-hybridized carbons (Fsp3) is 1.00. The Balaban J connectivity index is 2.40. The summed E-state index contributed by atoms with van der Waals surface area (Å²) in [7, 11) is 0. The molecule has 1 aliphatic rings. The third-order valence-corrected chi connectivity index (χ3v) is 1.15. The van der Waals surface area contributed by atoms with E-state index in [-0.39, 0.29) is 12.8 Å². The molecule has 2 heteroatoms. The Bertz CT molecular complexity index is 132. The minimum atomic E-state index is -2.23. The Morgan fingerprint density at radius 1 is 1.86 bits per heavy atom. The maximum Gasteiger partial charge on any atom is 0.0601 e. The summed E-state index contributed by atoms with van der Waals surface area (Å²) in [5.74, 6) is -0.574. The zero-order valence-electron chi connectivity index (χ0n) is 6.89. The van der Waals surface area contributed by atoms with Gasteiger partial charge in [0.25, 0.3) is 0 Å². The quantitative estimate of drug-likeness (QED) is 0.482. The lowest BCUT2D eigenvalue weighted by Crippen LogP contribution is -2.30. The summed E-state index contributed by atoms with van der Waals surface area (Å²) in [6.07, 6.45) is -1.45. The van der Waals surface area contributed by atoms with Gasteiger partial charge in [-0.2, -0.15) is 0 Å². The van der Waals surface area contributed by atoms with Crippen LogP contribution in [0, 0.1) is 5.92 Å². The van der Waals surface area contributed by atoms with E-state index in [4.69, 9.17) is 14.3 Å². The number of aliphatic hydroxyl groups is 2. The molecular weight excluding hydrogens is 92.1 g/mol. The van der Waals surface area contributed by atoms with Crippen molar-refractivity contribution in [2.24, 2.45) is 5.92 Å². The molecule has 0 bridgehead atoms. The number of rotatable bonds is 1. The molecule has 42 valence electrons. The lowest BCUT2D eigenvalue weighted by atomic mass is 9.83. The van der Waals surface area contributed by atoms with Crippen LogP contribution in [0.25, 0.3) is 0 Å². The zero-order chi connectivity index (χ0) is 7.99. The maximum absolute atomic E-state index is 8.84. The highest BCUT2D eigenvalue weighted by atomic mass is 16.3. The Morgan fingerprint density at radius 2 is 2.43 bits per heavy atom. The summed E-state index contributed by atoms with van der Waals surface area (Å²) in [5.41, 5.74) is 0. The van der Waals surface area contributed by atoms with Gasteiger partial charge < -0.3 is 10.2 Å². The van der Waals surface area contributed by atoms with Gasteiger partial charge in [0.1, 0.15) is 0 Å². The van der Waals surface area contributed by atoms with E-state index in [0.29, 0.717) is 0 Å². The first kappa shape index (κ1) is 2.46. The van der Waals surface area contributed by atoms with Crippen LogP contribution < -0.4 is 0 Å². The highest BCUT2D eigenvalue weighted by Crippen LogP contribution is 2.25. The van der Waals surface area contributed by atoms with Crippen LogP contribution in [0.4, 0.5) is 0 Å². The van der Waals surface area contributed by atoms with Gasteiger partial charge in [0.15, 0.2) is 0 Å². The SMILES string of the molecule is [2H]C1(O)CC(C([2H])([2H])O)C1. The van der Waals surface area contributed by atoms with Crippen molar-refractivity contribution in [1.82, 2.24) is 0 Å². The minimum absolute atomic E-state index is 0.0243. The predicted molar refractivity (Wildman–Crippen MR) is 25.8 cm³/mol. The van der Waals surface area contributed by atoms with Gasteiger partial charge in [0.2, 0.25) is 0 Å². The molecular formula is C5H10O2. The molecule has 2 N–H and O–H groups in total. The van der Waals surface area contributed by atoms with E-state index in [9.17, 15) is 0 Å². The summed E-state index contributed by atoms with van der Waals surface area (Å²) >= 11 is 0. The standard InChI is InChI=1S/C5H10O2/c6-3-4-1-5(7)2-4/h4-7H,1-3H2/i3D2,5D. The van der Waals surface area contributed by atoms with Crippen LogP contribution in [0.3, 0.4) is 0 Å². The molecule has 0 spiro atoms. The van der Waals surface area contributed by atoms with Gasteiger partial charge in [-0.25, -0.2) is 0 Å². The molecule has 0 aromatic carbocycles. The molecule has 1 aliphatic carbocycles. The van der Waals surface area contributed by atoms with Crippen molar-refractivity contribution in [2.75, 3.05) is 6.56 Å². The molecule has 2 nitrogen and oxygen atoms in total. The molecule has 1 rings (SSSR count). The maximum atomic E-state index is 8.84. The van der Waals surface area contributed by atoms with Crippen molar-refractivity contribution in [3.05, 3.63) is 0 Å². The van der Waals surface area contributed by atoms with Gasteiger partial charge in [-0.05, 0) is 18.8 Å². The van der Waals surface area contributed by atoms with E-state index in [1.54, 1.807) is 0 Å². The molecule has 7 heavy (non-hydrogen) atoms. The number of hydrogen-bond donors (Lipinski definition) is 2. The summed E-state index contributed by atoms with van der Waals surface area (Å²) in [4.78, 5) is 0. The fourth-order valence-corrected chi connectivity index (χ4v) is 0.600. The second-order valence-corrected chi connectivity index (χ2v) is 1.80. The summed E-state index contributed by atoms with van der Waals surface area (Å²) in [6.45, 7) is -2.23. The van der Waals surface area contributed by atoms with Gasteiger partial charge >= 0.3 is 0 Å². The van der Waals surface area contributed by atoms with Crippen LogP contribution in [0.15, 0.2) is 0 Å². The van der Waals surface area contributed by atoms with Crippen LogP contribution in [0.1, 0.15) is 17.0 Å². The van der Waals surface area contributed by atoms with Crippen molar-refractivity contribution in [2.45, 2.75) is 18.9 Å². The molecule has 0 radical (unpaired) electrons. The van der Waals surface area contributed by atoms with Crippen LogP contribution in [-0.4, -0.2) is 22.9 Å². The van der Waals surface area contributed by atoms with Crippen LogP contribution in [0.2, 0.25) is 0 Å². The van der Waals surface area contributed by atoms with Crippen molar-refractivity contribution >= 4 is 0 Å². The van der Waals surface area contributed by atoms with Crippen molar-refractivity contribution in [3.63, 3.8) is 0 Å². The number of hydrogen-bond acceptors (Lipinski definition) is 2. The average molecular weight is 105 g/mol. The van der Waals surface area contributed by atoms with Gasteiger partial charge in [-0.3, -0.25) is 0 Å². The lowest BCUT2D eigenvalue weighted by molar-refractivity contribution is 0.0149. The van der Waals surface area contributed by atoms with E-state index in [1.807, 2.05) is 0 Å². The average Bonchev–Trinajstić information content (AvgIpc) is 1.56. The molecule has 1 saturated carbocycles. The highest BCUT2D eigenvalue weighted by Gasteiger charge is 2.25. The van der Waals surface area contributed by atoms with E-state index in [1.165, 1.54) is 0 Å². The van der Waals surface area contributed by atoms with E-state index in [0.717, 1.165) is 0 Å². The molecule has 0 saturated heterocycles. The van der Waals surface area contributed by atoms with Gasteiger partial charge in [0, 0.05) is 6.56 Å². The van der Waals surface area contributed by atoms with Gasteiger partial charge in [-0.1, -0.05) is 0 Å². The van der Waals surface area contributed by atoms with Crippen molar-refractivity contribution < 1.29 is 14.3 Å². The summed E-state index contributed by atoms with van der Waals surface area (Å²) < 4.78 is 20.5. The second kappa shape index (κ2) is 1.80. The molecule has 1 fully saturated rings. The second-order valence-electron chi connectivity index (χ2n) is 1.80. The first-order valence-corrected chi connectivity index (χ1v) is 2.26. The summed E-state index contributed by atoms with van der Waals surface area (Å²) in [6, 6.07) is 0. The Kier molecular flexibility index (Phi) is 0.634. The monoisotopic (exact) mass is 105 g/mol. The third-order valence-electron chi connectivity index (χ3n) is 1.15. The normalized spacial score (nSPS) is 59.1. The minimum Gasteiger partial charge on any atom is -0.396 e. The molecule has 0 aromatic rings. The molecule has 0 aliphatic heterocycles. The van der Waals surface area contributed by atoms with E-state index >= 15 is 0 Å². The molecule has 0 heterocycles. The van der Waals surface area contributed by atoms with E-state index in [2.05, 4.69) is 0 Å². The smallest absolute Gasteiger partial charge is 0.0601 e. The van der Waals surface area contributed by atoms with Crippen LogP contribution in [0.5, 0.6) is 0 Å². The lowest BCUT2D eigenvalue weighted by Gasteiger charge is -2.29. The molecule has 0 unspecified atom stereocenters. The first-order chi connectivity index (χ1) is 4.31. The Labute approximate surface area is 47.0 Å². The molecule has 0 aromatic heterocycles. The van der Waals surface area contributed by atoms with Crippen molar-refractivity contribution in [1.29, 1.82) is 0 Å². The zero-order valence-corrected chi connectivity index (χ0v) is 3.89. The molecule has 0 atom stereocenters. The van der Waals surface area contributed by atoms with E-state index < -0.39 is 18.6 Å². The highest BCUT2D eigenvalue weighted by molar-refractivity contribution is 4.77. The fourth-order valence-electron chi connectivity index (χ4n) is 0.600. The topological polar surface area (TPSA) is 40.5 Å². The van der Waals surface area contributed by atoms with Gasteiger partial charge in [0.05, 0.1) is 10.2 Å². The Hall–Kier alpha value is -0.0800. The largest absolute Gasteiger partial charge is 0.396 e. The van der Waals surface area contributed by atoms with Crippen LogP contribution >= 0.6 is 0 Å². The van der Waals surface area contributed by atoms with Crippen LogP contribution in [-0.2, 0) is 0 Å². The van der Waals surface area contributed by atoms with Gasteiger partial charge in [-0.15, -0.1) is 0 Å². The Morgan fingerprint density at radius 3 is 2.57 bits per heavy atom.